The Morgan fingerprint density at radius 2 is 1.88 bits per heavy atom. The van der Waals surface area contributed by atoms with E-state index in [4.69, 9.17) is 0 Å². The Bertz CT molecular complexity index is 994. The Labute approximate surface area is 194 Å². The molecule has 4 rings (SSSR count). The summed E-state index contributed by atoms with van der Waals surface area (Å²) in [6.07, 6.45) is 3.79. The minimum Gasteiger partial charge on any atom is -0.353 e. The van der Waals surface area contributed by atoms with Crippen molar-refractivity contribution in [2.45, 2.75) is 46.0 Å². The van der Waals surface area contributed by atoms with E-state index in [2.05, 4.69) is 36.3 Å². The molecule has 2 amide bonds. The van der Waals surface area contributed by atoms with Gasteiger partial charge >= 0.3 is 0 Å². The highest BCUT2D eigenvalue weighted by atomic mass is 19.1. The molecule has 0 radical (unpaired) electrons. The third kappa shape index (κ3) is 5.67. The normalized spacial score (nSPS) is 17.6. The summed E-state index contributed by atoms with van der Waals surface area (Å²) >= 11 is 0. The average Bonchev–Trinajstić information content (AvgIpc) is 2.74. The molecule has 0 spiro atoms. The molecular formula is C25H32FN5O2. The Morgan fingerprint density at radius 3 is 2.48 bits per heavy atom. The van der Waals surface area contributed by atoms with Gasteiger partial charge < -0.3 is 15.1 Å². The van der Waals surface area contributed by atoms with Crippen molar-refractivity contribution in [3.63, 3.8) is 0 Å². The van der Waals surface area contributed by atoms with Crippen molar-refractivity contribution in [3.8, 4) is 0 Å². The zero-order valence-corrected chi connectivity index (χ0v) is 19.6. The topological polar surface area (TPSA) is 78.4 Å². The highest BCUT2D eigenvalue weighted by Crippen LogP contribution is 2.32. The number of likely N-dealkylation sites (tertiary alicyclic amines) is 1. The second-order valence-corrected chi connectivity index (χ2v) is 10.3. The number of nitrogens with one attached hydrogen (secondary N) is 1. The molecule has 1 N–H and O–H groups in total. The SMILES string of the molecule is CC(C)(C)CC(=O)N1CCC(c2ccc(NC(=O)C3CN(c4cccnn4)C3)c(F)c2)CC1. The molecule has 0 aliphatic carbocycles. The summed E-state index contributed by atoms with van der Waals surface area (Å²) < 4.78 is 14.8. The predicted octanol–water partition coefficient (Wildman–Crippen LogP) is 3.83. The largest absolute Gasteiger partial charge is 0.353 e. The molecular weight excluding hydrogens is 421 g/mol. The fourth-order valence-electron chi connectivity index (χ4n) is 4.44. The molecule has 1 aromatic carbocycles. The summed E-state index contributed by atoms with van der Waals surface area (Å²) in [5.74, 6) is 0.336. The van der Waals surface area contributed by atoms with Crippen LogP contribution < -0.4 is 10.2 Å². The van der Waals surface area contributed by atoms with Crippen LogP contribution in [0.1, 0.15) is 51.5 Å². The van der Waals surface area contributed by atoms with Gasteiger partial charge in [0, 0.05) is 38.8 Å². The third-order valence-corrected chi connectivity index (χ3v) is 6.39. The second kappa shape index (κ2) is 9.45. The number of aromatic nitrogens is 2. The standard InChI is InChI=1S/C25H32FN5O2/c1-25(2,3)14-23(32)30-11-8-17(9-12-30)18-6-7-21(20(26)13-18)28-24(33)19-15-31(16-19)22-5-4-10-27-29-22/h4-7,10,13,17,19H,8-9,11-12,14-16H2,1-3H3,(H,28,33). The van der Waals surface area contributed by atoms with Gasteiger partial charge in [0.2, 0.25) is 11.8 Å². The van der Waals surface area contributed by atoms with Crippen molar-refractivity contribution in [3.05, 3.63) is 47.9 Å². The van der Waals surface area contributed by atoms with Gasteiger partial charge in [-0.1, -0.05) is 26.8 Å². The summed E-state index contributed by atoms with van der Waals surface area (Å²) in [6, 6.07) is 8.73. The number of piperidine rings is 1. The van der Waals surface area contributed by atoms with E-state index in [1.54, 1.807) is 18.3 Å². The van der Waals surface area contributed by atoms with Crippen molar-refractivity contribution in [2.24, 2.45) is 11.3 Å². The van der Waals surface area contributed by atoms with Gasteiger partial charge in [-0.15, -0.1) is 5.10 Å². The number of carbonyl (C=O) groups is 2. The van der Waals surface area contributed by atoms with E-state index < -0.39 is 5.82 Å². The number of hydrogen-bond acceptors (Lipinski definition) is 5. The molecule has 176 valence electrons. The molecule has 2 saturated heterocycles. The molecule has 1 aromatic heterocycles. The van der Waals surface area contributed by atoms with E-state index in [1.807, 2.05) is 21.9 Å². The second-order valence-electron chi connectivity index (χ2n) is 10.3. The Kier molecular flexibility index (Phi) is 6.63. The molecule has 0 bridgehead atoms. The number of halogens is 1. The van der Waals surface area contributed by atoms with E-state index in [1.165, 1.54) is 6.07 Å². The van der Waals surface area contributed by atoms with Crippen molar-refractivity contribution < 1.29 is 14.0 Å². The van der Waals surface area contributed by atoms with Crippen LogP contribution in [0.2, 0.25) is 0 Å². The fourth-order valence-corrected chi connectivity index (χ4v) is 4.44. The molecule has 2 aliphatic heterocycles. The van der Waals surface area contributed by atoms with Crippen LogP contribution in [-0.2, 0) is 9.59 Å². The van der Waals surface area contributed by atoms with Gasteiger partial charge in [0.15, 0.2) is 5.82 Å². The van der Waals surface area contributed by atoms with Gasteiger partial charge in [-0.05, 0) is 54.0 Å². The zero-order valence-electron chi connectivity index (χ0n) is 19.6. The van der Waals surface area contributed by atoms with E-state index in [0.29, 0.717) is 32.6 Å². The highest BCUT2D eigenvalue weighted by Gasteiger charge is 2.34. The maximum atomic E-state index is 14.8. The van der Waals surface area contributed by atoms with Crippen LogP contribution in [-0.4, -0.2) is 53.1 Å². The van der Waals surface area contributed by atoms with Crippen LogP contribution >= 0.6 is 0 Å². The van der Waals surface area contributed by atoms with Crippen LogP contribution in [0.25, 0.3) is 0 Å². The van der Waals surface area contributed by atoms with Crippen LogP contribution in [0.15, 0.2) is 36.5 Å². The highest BCUT2D eigenvalue weighted by molar-refractivity contribution is 5.94. The Morgan fingerprint density at radius 1 is 1.15 bits per heavy atom. The molecule has 7 nitrogen and oxygen atoms in total. The van der Waals surface area contributed by atoms with Crippen LogP contribution in [0, 0.1) is 17.2 Å². The van der Waals surface area contributed by atoms with E-state index in [9.17, 15) is 14.0 Å². The smallest absolute Gasteiger partial charge is 0.231 e. The van der Waals surface area contributed by atoms with Crippen LogP contribution in [0.3, 0.4) is 0 Å². The summed E-state index contributed by atoms with van der Waals surface area (Å²) in [7, 11) is 0. The third-order valence-electron chi connectivity index (χ3n) is 6.39. The summed E-state index contributed by atoms with van der Waals surface area (Å²) in [4.78, 5) is 28.9. The average molecular weight is 454 g/mol. The van der Waals surface area contributed by atoms with Crippen molar-refractivity contribution in [2.75, 3.05) is 36.4 Å². The number of nitrogens with zero attached hydrogens (tertiary/aromatic N) is 4. The first-order chi connectivity index (χ1) is 15.7. The lowest BCUT2D eigenvalue weighted by Gasteiger charge is -2.38. The summed E-state index contributed by atoms with van der Waals surface area (Å²) in [5, 5.41) is 10.6. The van der Waals surface area contributed by atoms with Gasteiger partial charge in [0.05, 0.1) is 11.6 Å². The number of amides is 2. The first kappa shape index (κ1) is 23.1. The molecule has 8 heteroatoms. The Balaban J connectivity index is 1.28. The lowest BCUT2D eigenvalue weighted by atomic mass is 9.87. The minimum atomic E-state index is -0.419. The lowest BCUT2D eigenvalue weighted by Crippen LogP contribution is -2.52. The predicted molar refractivity (Wildman–Crippen MR) is 125 cm³/mol. The van der Waals surface area contributed by atoms with Gasteiger partial charge in [0.25, 0.3) is 0 Å². The van der Waals surface area contributed by atoms with Crippen molar-refractivity contribution in [1.82, 2.24) is 15.1 Å². The van der Waals surface area contributed by atoms with Crippen LogP contribution in [0.4, 0.5) is 15.9 Å². The van der Waals surface area contributed by atoms with Gasteiger partial charge in [-0.25, -0.2) is 4.39 Å². The maximum absolute atomic E-state index is 14.8. The number of hydrogen-bond donors (Lipinski definition) is 1. The molecule has 0 atom stereocenters. The first-order valence-corrected chi connectivity index (χ1v) is 11.6. The molecule has 3 heterocycles. The van der Waals surface area contributed by atoms with E-state index >= 15 is 0 Å². The first-order valence-electron chi connectivity index (χ1n) is 11.6. The number of anilines is 2. The van der Waals surface area contributed by atoms with Gasteiger partial charge in [0.1, 0.15) is 5.82 Å². The van der Waals surface area contributed by atoms with Crippen molar-refractivity contribution >= 4 is 23.3 Å². The molecule has 2 fully saturated rings. The minimum absolute atomic E-state index is 0.0231. The summed E-state index contributed by atoms with van der Waals surface area (Å²) in [6.45, 7) is 8.68. The van der Waals surface area contributed by atoms with Crippen LogP contribution in [0.5, 0.6) is 0 Å². The fraction of sp³-hybridized carbons (Fsp3) is 0.520. The summed E-state index contributed by atoms with van der Waals surface area (Å²) in [5.41, 5.74) is 1.11. The quantitative estimate of drug-likeness (QED) is 0.744. The maximum Gasteiger partial charge on any atom is 0.231 e. The number of benzene rings is 1. The Hall–Kier alpha value is -3.03. The zero-order chi connectivity index (χ0) is 23.6. The molecule has 33 heavy (non-hydrogen) atoms. The molecule has 0 saturated carbocycles. The van der Waals surface area contributed by atoms with Crippen molar-refractivity contribution in [1.29, 1.82) is 0 Å². The number of rotatable bonds is 5. The van der Waals surface area contributed by atoms with E-state index in [-0.39, 0.29) is 34.8 Å². The molecule has 2 aromatic rings. The lowest BCUT2D eigenvalue weighted by molar-refractivity contribution is -0.134. The molecule has 0 unspecified atom stereocenters. The monoisotopic (exact) mass is 453 g/mol. The van der Waals surface area contributed by atoms with Gasteiger partial charge in [-0.2, -0.15) is 5.10 Å². The van der Waals surface area contributed by atoms with Gasteiger partial charge in [-0.3, -0.25) is 9.59 Å². The number of carbonyl (C=O) groups excluding carboxylic acids is 2. The van der Waals surface area contributed by atoms with E-state index in [0.717, 1.165) is 24.2 Å². The molecule has 2 aliphatic rings.